The van der Waals surface area contributed by atoms with Crippen molar-refractivity contribution in [3.8, 4) is 0 Å². The van der Waals surface area contributed by atoms with Crippen LogP contribution in [0.2, 0.25) is 0 Å². The maximum Gasteiger partial charge on any atom is 0.0643 e. The van der Waals surface area contributed by atoms with E-state index in [0.29, 0.717) is 11.4 Å². The van der Waals surface area contributed by atoms with Gasteiger partial charge in [-0.25, -0.2) is 0 Å². The predicted molar refractivity (Wildman–Crippen MR) is 69.8 cm³/mol. The predicted octanol–water partition coefficient (Wildman–Crippen LogP) is 2.62. The normalized spacial score (nSPS) is 10.1. The van der Waals surface area contributed by atoms with Gasteiger partial charge >= 0.3 is 0 Å². The molecule has 3 heteroatoms. The Morgan fingerprint density at radius 1 is 0.938 bits per heavy atom. The molecule has 2 aromatic carbocycles. The standard InChI is InChI=1S/C13H15N3/c1-16(11-5-3-2-4-6-11)13-8-7-10(14)9-12(13)15/h2-9H,14-15H2,1H3. The summed E-state index contributed by atoms with van der Waals surface area (Å²) in [6.07, 6.45) is 0. The van der Waals surface area contributed by atoms with Gasteiger partial charge in [-0.15, -0.1) is 0 Å². The molecule has 0 atom stereocenters. The average Bonchev–Trinajstić information content (AvgIpc) is 2.29. The highest BCUT2D eigenvalue weighted by Crippen LogP contribution is 2.29. The van der Waals surface area contributed by atoms with Gasteiger partial charge in [0.15, 0.2) is 0 Å². The number of anilines is 4. The maximum absolute atomic E-state index is 5.94. The first-order chi connectivity index (χ1) is 7.68. The smallest absolute Gasteiger partial charge is 0.0643 e. The van der Waals surface area contributed by atoms with E-state index in [0.717, 1.165) is 11.4 Å². The Morgan fingerprint density at radius 3 is 2.25 bits per heavy atom. The van der Waals surface area contributed by atoms with Crippen molar-refractivity contribution in [2.75, 3.05) is 23.4 Å². The maximum atomic E-state index is 5.94. The van der Waals surface area contributed by atoms with Gasteiger partial charge in [0.25, 0.3) is 0 Å². The van der Waals surface area contributed by atoms with Gasteiger partial charge in [-0.3, -0.25) is 0 Å². The van der Waals surface area contributed by atoms with Crippen LogP contribution < -0.4 is 16.4 Å². The van der Waals surface area contributed by atoms with Crippen LogP contribution in [0.25, 0.3) is 0 Å². The highest BCUT2D eigenvalue weighted by Gasteiger charge is 2.06. The minimum atomic E-state index is 0.683. The van der Waals surface area contributed by atoms with E-state index in [1.165, 1.54) is 0 Å². The molecule has 0 spiro atoms. The summed E-state index contributed by atoms with van der Waals surface area (Å²) in [6.45, 7) is 0. The van der Waals surface area contributed by atoms with Gasteiger partial charge in [0.05, 0.1) is 11.4 Å². The molecule has 2 rings (SSSR count). The van der Waals surface area contributed by atoms with Gasteiger partial charge < -0.3 is 16.4 Å². The van der Waals surface area contributed by atoms with Crippen molar-refractivity contribution in [3.63, 3.8) is 0 Å². The summed E-state index contributed by atoms with van der Waals surface area (Å²) >= 11 is 0. The van der Waals surface area contributed by atoms with Gasteiger partial charge in [0.1, 0.15) is 0 Å². The number of nitrogen functional groups attached to an aromatic ring is 2. The van der Waals surface area contributed by atoms with E-state index in [-0.39, 0.29) is 0 Å². The van der Waals surface area contributed by atoms with Crippen LogP contribution in [-0.2, 0) is 0 Å². The van der Waals surface area contributed by atoms with E-state index in [1.54, 1.807) is 6.07 Å². The van der Waals surface area contributed by atoms with Crippen molar-refractivity contribution in [1.82, 2.24) is 0 Å². The molecule has 0 heterocycles. The van der Waals surface area contributed by atoms with E-state index in [1.807, 2.05) is 54.4 Å². The highest BCUT2D eigenvalue weighted by molar-refractivity contribution is 5.76. The molecule has 16 heavy (non-hydrogen) atoms. The summed E-state index contributed by atoms with van der Waals surface area (Å²) < 4.78 is 0. The third kappa shape index (κ3) is 1.93. The third-order valence-corrected chi connectivity index (χ3v) is 2.56. The minimum Gasteiger partial charge on any atom is -0.399 e. The van der Waals surface area contributed by atoms with Crippen molar-refractivity contribution in [2.24, 2.45) is 0 Å². The molecule has 3 nitrogen and oxygen atoms in total. The van der Waals surface area contributed by atoms with Crippen LogP contribution in [0, 0.1) is 0 Å². The fourth-order valence-electron chi connectivity index (χ4n) is 1.67. The summed E-state index contributed by atoms with van der Waals surface area (Å²) in [4.78, 5) is 2.04. The Morgan fingerprint density at radius 2 is 1.62 bits per heavy atom. The topological polar surface area (TPSA) is 55.3 Å². The molecule has 0 bridgehead atoms. The van der Waals surface area contributed by atoms with Crippen LogP contribution >= 0.6 is 0 Å². The summed E-state index contributed by atoms with van der Waals surface area (Å²) in [5.74, 6) is 0. The van der Waals surface area contributed by atoms with Crippen LogP contribution in [0.5, 0.6) is 0 Å². The third-order valence-electron chi connectivity index (χ3n) is 2.56. The van der Waals surface area contributed by atoms with Gasteiger partial charge in [-0.1, -0.05) is 18.2 Å². The van der Waals surface area contributed by atoms with Crippen LogP contribution in [0.15, 0.2) is 48.5 Å². The summed E-state index contributed by atoms with van der Waals surface area (Å²) in [7, 11) is 1.98. The van der Waals surface area contributed by atoms with Crippen molar-refractivity contribution in [2.45, 2.75) is 0 Å². The zero-order valence-corrected chi connectivity index (χ0v) is 9.22. The lowest BCUT2D eigenvalue weighted by atomic mass is 10.2. The molecular weight excluding hydrogens is 198 g/mol. The molecule has 0 amide bonds. The number of nitrogens with zero attached hydrogens (tertiary/aromatic N) is 1. The lowest BCUT2D eigenvalue weighted by molar-refractivity contribution is 1.21. The molecule has 0 saturated carbocycles. The zero-order valence-electron chi connectivity index (χ0n) is 9.22. The first-order valence-electron chi connectivity index (χ1n) is 5.12. The van der Waals surface area contributed by atoms with E-state index in [9.17, 15) is 0 Å². The van der Waals surface area contributed by atoms with Gasteiger partial charge in [0.2, 0.25) is 0 Å². The largest absolute Gasteiger partial charge is 0.399 e. The molecule has 0 fully saturated rings. The number of hydrogen-bond donors (Lipinski definition) is 2. The molecular formula is C13H15N3. The minimum absolute atomic E-state index is 0.683. The Bertz CT molecular complexity index is 480. The first kappa shape index (κ1) is 10.4. The first-order valence-corrected chi connectivity index (χ1v) is 5.12. The fraction of sp³-hybridized carbons (Fsp3) is 0.0769. The molecule has 2 aromatic rings. The van der Waals surface area contributed by atoms with Gasteiger partial charge in [-0.05, 0) is 30.3 Å². The SMILES string of the molecule is CN(c1ccccc1)c1ccc(N)cc1N. The van der Waals surface area contributed by atoms with E-state index in [2.05, 4.69) is 0 Å². The zero-order chi connectivity index (χ0) is 11.5. The highest BCUT2D eigenvalue weighted by atomic mass is 15.1. The Balaban J connectivity index is 2.38. The Kier molecular flexibility index (Phi) is 2.68. The van der Waals surface area contributed by atoms with Crippen molar-refractivity contribution < 1.29 is 0 Å². The average molecular weight is 213 g/mol. The fourth-order valence-corrected chi connectivity index (χ4v) is 1.67. The monoisotopic (exact) mass is 213 g/mol. The lowest BCUT2D eigenvalue weighted by Gasteiger charge is -2.21. The molecule has 0 aliphatic carbocycles. The molecule has 0 unspecified atom stereocenters. The molecule has 0 aliphatic rings. The second-order valence-corrected chi connectivity index (χ2v) is 3.71. The van der Waals surface area contributed by atoms with E-state index in [4.69, 9.17) is 11.5 Å². The molecule has 0 radical (unpaired) electrons. The van der Waals surface area contributed by atoms with E-state index < -0.39 is 0 Å². The van der Waals surface area contributed by atoms with Crippen molar-refractivity contribution in [1.29, 1.82) is 0 Å². The summed E-state index contributed by atoms with van der Waals surface area (Å²) in [6, 6.07) is 15.6. The molecule has 0 aromatic heterocycles. The quantitative estimate of drug-likeness (QED) is 0.754. The number of hydrogen-bond acceptors (Lipinski definition) is 3. The van der Waals surface area contributed by atoms with Crippen molar-refractivity contribution >= 4 is 22.7 Å². The Labute approximate surface area is 95.3 Å². The second kappa shape index (κ2) is 4.14. The van der Waals surface area contributed by atoms with Gasteiger partial charge in [0, 0.05) is 18.4 Å². The Hall–Kier alpha value is -2.16. The number of nitrogens with two attached hydrogens (primary N) is 2. The number of para-hydroxylation sites is 1. The number of rotatable bonds is 2. The van der Waals surface area contributed by atoms with Crippen LogP contribution in [0.3, 0.4) is 0 Å². The van der Waals surface area contributed by atoms with Crippen molar-refractivity contribution in [3.05, 3.63) is 48.5 Å². The van der Waals surface area contributed by atoms with Gasteiger partial charge in [-0.2, -0.15) is 0 Å². The molecule has 82 valence electrons. The molecule has 4 N–H and O–H groups in total. The van der Waals surface area contributed by atoms with Crippen LogP contribution in [0.4, 0.5) is 22.7 Å². The van der Waals surface area contributed by atoms with Crippen LogP contribution in [0.1, 0.15) is 0 Å². The summed E-state index contributed by atoms with van der Waals surface area (Å²) in [5.41, 5.74) is 15.0. The molecule has 0 aliphatic heterocycles. The lowest BCUT2D eigenvalue weighted by Crippen LogP contribution is -2.11. The van der Waals surface area contributed by atoms with E-state index >= 15 is 0 Å². The second-order valence-electron chi connectivity index (χ2n) is 3.71. The molecule has 0 saturated heterocycles. The van der Waals surface area contributed by atoms with Crippen LogP contribution in [-0.4, -0.2) is 7.05 Å². The number of benzene rings is 2. The summed E-state index contributed by atoms with van der Waals surface area (Å²) in [5, 5.41) is 0.